The van der Waals surface area contributed by atoms with Crippen LogP contribution in [0.5, 0.6) is 0 Å². The van der Waals surface area contributed by atoms with E-state index in [9.17, 15) is 4.79 Å². The Hall–Kier alpha value is -1.21. The quantitative estimate of drug-likeness (QED) is 0.718. The zero-order valence-corrected chi connectivity index (χ0v) is 9.28. The van der Waals surface area contributed by atoms with E-state index in [-0.39, 0.29) is 6.42 Å². The fourth-order valence-electron chi connectivity index (χ4n) is 1.11. The number of hydrogen-bond donors (Lipinski definition) is 2. The van der Waals surface area contributed by atoms with Gasteiger partial charge in [0.2, 0.25) is 5.16 Å². The van der Waals surface area contributed by atoms with Crippen LogP contribution in [0.1, 0.15) is 23.9 Å². The van der Waals surface area contributed by atoms with Gasteiger partial charge in [0.15, 0.2) is 0 Å². The molecule has 1 aromatic rings. The van der Waals surface area contributed by atoms with E-state index in [2.05, 4.69) is 15.2 Å². The van der Waals surface area contributed by atoms with E-state index in [0.717, 1.165) is 0 Å². The van der Waals surface area contributed by atoms with E-state index < -0.39 is 12.0 Å². The lowest BCUT2D eigenvalue weighted by Gasteiger charge is -2.09. The highest BCUT2D eigenvalue weighted by molar-refractivity contribution is 7.98. The summed E-state index contributed by atoms with van der Waals surface area (Å²) in [7, 11) is 0. The summed E-state index contributed by atoms with van der Waals surface area (Å²) in [5, 5.41) is 16.8. The molecule has 7 heteroatoms. The minimum atomic E-state index is -0.961. The van der Waals surface area contributed by atoms with Crippen LogP contribution in [0.2, 0.25) is 0 Å². The highest BCUT2D eigenvalue weighted by Gasteiger charge is 2.16. The van der Waals surface area contributed by atoms with Gasteiger partial charge in [0.1, 0.15) is 5.69 Å². The molecule has 0 aliphatic heterocycles. The summed E-state index contributed by atoms with van der Waals surface area (Å²) in [6, 6.07) is -0.654. The van der Waals surface area contributed by atoms with Gasteiger partial charge in [0, 0.05) is 0 Å². The van der Waals surface area contributed by atoms with Crippen molar-refractivity contribution in [1.82, 2.24) is 15.2 Å². The van der Waals surface area contributed by atoms with Gasteiger partial charge in [-0.15, -0.1) is 10.2 Å². The number of thioether (sulfide) groups is 1. The van der Waals surface area contributed by atoms with Gasteiger partial charge in [-0.1, -0.05) is 11.8 Å². The highest BCUT2D eigenvalue weighted by atomic mass is 32.2. The largest absolute Gasteiger partial charge is 0.481 e. The van der Waals surface area contributed by atoms with Crippen LogP contribution in [-0.4, -0.2) is 32.5 Å². The second kappa shape index (κ2) is 5.04. The van der Waals surface area contributed by atoms with Crippen LogP contribution in [0.3, 0.4) is 0 Å². The van der Waals surface area contributed by atoms with E-state index in [1.165, 1.54) is 11.8 Å². The summed E-state index contributed by atoms with van der Waals surface area (Å²) in [5.74, 6) is -0.961. The fourth-order valence-corrected chi connectivity index (χ4v) is 1.46. The van der Waals surface area contributed by atoms with Crippen LogP contribution in [0.15, 0.2) is 5.16 Å². The minimum absolute atomic E-state index is 0.171. The number of rotatable bonds is 4. The van der Waals surface area contributed by atoms with Crippen molar-refractivity contribution >= 4 is 17.7 Å². The maximum absolute atomic E-state index is 10.5. The molecule has 1 unspecified atom stereocenters. The lowest BCUT2D eigenvalue weighted by atomic mass is 10.1. The van der Waals surface area contributed by atoms with Crippen LogP contribution in [0.25, 0.3) is 0 Å². The van der Waals surface area contributed by atoms with Gasteiger partial charge in [0.05, 0.1) is 18.2 Å². The topological polar surface area (TPSA) is 102 Å². The third kappa shape index (κ3) is 3.14. The Morgan fingerprint density at radius 3 is 2.73 bits per heavy atom. The molecule has 3 N–H and O–H groups in total. The van der Waals surface area contributed by atoms with Crippen molar-refractivity contribution in [2.75, 3.05) is 6.26 Å². The summed E-state index contributed by atoms with van der Waals surface area (Å²) in [4.78, 5) is 14.6. The lowest BCUT2D eigenvalue weighted by molar-refractivity contribution is -0.137. The van der Waals surface area contributed by atoms with Gasteiger partial charge in [-0.05, 0) is 13.2 Å². The van der Waals surface area contributed by atoms with Crippen LogP contribution >= 0.6 is 11.8 Å². The lowest BCUT2D eigenvalue weighted by Crippen LogP contribution is -2.19. The SMILES string of the molecule is CSc1nnc(C(N)CC(=O)O)c(C)n1. The third-order valence-corrected chi connectivity index (χ3v) is 2.34. The van der Waals surface area contributed by atoms with Gasteiger partial charge >= 0.3 is 5.97 Å². The smallest absolute Gasteiger partial charge is 0.305 e. The van der Waals surface area contributed by atoms with Crippen molar-refractivity contribution in [3.05, 3.63) is 11.4 Å². The molecule has 82 valence electrons. The van der Waals surface area contributed by atoms with Gasteiger partial charge in [-0.3, -0.25) is 4.79 Å². The Balaban J connectivity index is 2.90. The molecule has 1 rings (SSSR count). The molecule has 1 aromatic heterocycles. The predicted molar refractivity (Wildman–Crippen MR) is 55.5 cm³/mol. The number of hydrogen-bond acceptors (Lipinski definition) is 6. The first kappa shape index (κ1) is 11.9. The molecule has 6 nitrogen and oxygen atoms in total. The first-order chi connectivity index (χ1) is 7.04. The van der Waals surface area contributed by atoms with E-state index in [1.807, 2.05) is 6.26 Å². The molecule has 0 spiro atoms. The summed E-state index contributed by atoms with van der Waals surface area (Å²) < 4.78 is 0. The number of nitrogens with two attached hydrogens (primary N) is 1. The molecular weight excluding hydrogens is 216 g/mol. The molecule has 0 amide bonds. The normalized spacial score (nSPS) is 12.5. The van der Waals surface area contributed by atoms with Crippen molar-refractivity contribution in [3.63, 3.8) is 0 Å². The van der Waals surface area contributed by atoms with Crippen molar-refractivity contribution < 1.29 is 9.90 Å². The molecule has 0 radical (unpaired) electrons. The summed E-state index contributed by atoms with van der Waals surface area (Å²) in [6.07, 6.45) is 1.67. The third-order valence-electron chi connectivity index (χ3n) is 1.81. The molecule has 1 atom stereocenters. The van der Waals surface area contributed by atoms with Crippen LogP contribution in [0.4, 0.5) is 0 Å². The Labute approximate surface area is 91.3 Å². The zero-order valence-electron chi connectivity index (χ0n) is 8.47. The van der Waals surface area contributed by atoms with Crippen molar-refractivity contribution in [2.24, 2.45) is 5.73 Å². The first-order valence-corrected chi connectivity index (χ1v) is 5.49. The number of aromatic nitrogens is 3. The molecule has 0 aliphatic carbocycles. The number of nitrogens with zero attached hydrogens (tertiary/aromatic N) is 3. The molecular formula is C8H12N4O2S. The number of carboxylic acids is 1. The molecule has 0 fully saturated rings. The number of carbonyl (C=O) groups is 1. The molecule has 0 aliphatic rings. The van der Waals surface area contributed by atoms with Crippen LogP contribution in [-0.2, 0) is 4.79 Å². The molecule has 15 heavy (non-hydrogen) atoms. The van der Waals surface area contributed by atoms with Gasteiger partial charge < -0.3 is 10.8 Å². The van der Waals surface area contributed by atoms with E-state index in [0.29, 0.717) is 16.5 Å². The Morgan fingerprint density at radius 1 is 1.60 bits per heavy atom. The Bertz CT molecular complexity index is 372. The molecule has 0 saturated carbocycles. The average molecular weight is 228 g/mol. The number of carboxylic acid groups (broad SMARTS) is 1. The molecule has 0 bridgehead atoms. The second-order valence-electron chi connectivity index (χ2n) is 2.97. The number of aliphatic carboxylic acids is 1. The summed E-state index contributed by atoms with van der Waals surface area (Å²) in [5.41, 5.74) is 6.73. The van der Waals surface area contributed by atoms with E-state index in [4.69, 9.17) is 10.8 Å². The van der Waals surface area contributed by atoms with Gasteiger partial charge in [-0.25, -0.2) is 4.98 Å². The number of aryl methyl sites for hydroxylation is 1. The van der Waals surface area contributed by atoms with Crippen LogP contribution < -0.4 is 5.73 Å². The Morgan fingerprint density at radius 2 is 2.27 bits per heavy atom. The fraction of sp³-hybridized carbons (Fsp3) is 0.500. The summed E-state index contributed by atoms with van der Waals surface area (Å²) >= 11 is 1.38. The maximum atomic E-state index is 10.5. The second-order valence-corrected chi connectivity index (χ2v) is 3.75. The average Bonchev–Trinajstić information content (AvgIpc) is 2.16. The molecule has 0 saturated heterocycles. The first-order valence-electron chi connectivity index (χ1n) is 4.27. The summed E-state index contributed by atoms with van der Waals surface area (Å²) in [6.45, 7) is 1.74. The Kier molecular flexibility index (Phi) is 3.98. The monoisotopic (exact) mass is 228 g/mol. The van der Waals surface area contributed by atoms with Gasteiger partial charge in [0.25, 0.3) is 0 Å². The van der Waals surface area contributed by atoms with E-state index in [1.54, 1.807) is 6.92 Å². The van der Waals surface area contributed by atoms with Crippen molar-refractivity contribution in [1.29, 1.82) is 0 Å². The van der Waals surface area contributed by atoms with Crippen molar-refractivity contribution in [2.45, 2.75) is 24.5 Å². The van der Waals surface area contributed by atoms with E-state index >= 15 is 0 Å². The standard InChI is InChI=1S/C8H12N4O2S/c1-4-7(5(9)3-6(13)14)11-12-8(10-4)15-2/h5H,3,9H2,1-2H3,(H,13,14). The van der Waals surface area contributed by atoms with Crippen molar-refractivity contribution in [3.8, 4) is 0 Å². The zero-order chi connectivity index (χ0) is 11.4. The predicted octanol–water partition coefficient (Wildman–Crippen LogP) is 0.376. The maximum Gasteiger partial charge on any atom is 0.305 e. The highest BCUT2D eigenvalue weighted by Crippen LogP contribution is 2.15. The molecule has 0 aromatic carbocycles. The van der Waals surface area contributed by atoms with Gasteiger partial charge in [-0.2, -0.15) is 0 Å². The molecule has 1 heterocycles. The van der Waals surface area contributed by atoms with Crippen LogP contribution in [0, 0.1) is 6.92 Å². The minimum Gasteiger partial charge on any atom is -0.481 e.